The first kappa shape index (κ1) is 14.6. The number of hydrogen-bond acceptors (Lipinski definition) is 3. The summed E-state index contributed by atoms with van der Waals surface area (Å²) in [6.45, 7) is 0.354. The molecule has 1 aliphatic carbocycles. The maximum absolute atomic E-state index is 12.5. The van der Waals surface area contributed by atoms with Crippen molar-refractivity contribution in [2.24, 2.45) is 5.73 Å². The third-order valence-electron chi connectivity index (χ3n) is 4.22. The fraction of sp³-hybridized carbons (Fsp3) is 0.278. The number of methoxy groups -OCH3 is 1. The molecular formula is C18H20N2O2. The summed E-state index contributed by atoms with van der Waals surface area (Å²) in [5.41, 5.74) is 9.19. The third-order valence-corrected chi connectivity index (χ3v) is 4.22. The summed E-state index contributed by atoms with van der Waals surface area (Å²) in [7, 11) is 1.63. The largest absolute Gasteiger partial charge is 0.497 e. The highest BCUT2D eigenvalue weighted by molar-refractivity contribution is 5.87. The lowest BCUT2D eigenvalue weighted by Crippen LogP contribution is -2.40. The van der Waals surface area contributed by atoms with E-state index >= 15 is 0 Å². The summed E-state index contributed by atoms with van der Waals surface area (Å²) < 4.78 is 5.23. The van der Waals surface area contributed by atoms with E-state index in [0.29, 0.717) is 6.54 Å². The van der Waals surface area contributed by atoms with Gasteiger partial charge in [0, 0.05) is 6.54 Å². The molecule has 4 nitrogen and oxygen atoms in total. The lowest BCUT2D eigenvalue weighted by Gasteiger charge is -2.30. The molecule has 1 aliphatic rings. The van der Waals surface area contributed by atoms with Crippen molar-refractivity contribution in [3.8, 4) is 5.75 Å². The fourth-order valence-electron chi connectivity index (χ4n) is 2.90. The van der Waals surface area contributed by atoms with Crippen molar-refractivity contribution in [2.45, 2.75) is 18.4 Å². The van der Waals surface area contributed by atoms with Gasteiger partial charge in [0.05, 0.1) is 19.1 Å². The Morgan fingerprint density at radius 1 is 1.32 bits per heavy atom. The van der Waals surface area contributed by atoms with Gasteiger partial charge >= 0.3 is 0 Å². The quantitative estimate of drug-likeness (QED) is 0.888. The molecule has 0 spiro atoms. The molecule has 22 heavy (non-hydrogen) atoms. The van der Waals surface area contributed by atoms with E-state index in [1.807, 2.05) is 42.5 Å². The second kappa shape index (κ2) is 6.20. The Hall–Kier alpha value is -2.33. The first-order valence-electron chi connectivity index (χ1n) is 7.45. The summed E-state index contributed by atoms with van der Waals surface area (Å²) >= 11 is 0. The van der Waals surface area contributed by atoms with Crippen LogP contribution < -0.4 is 15.8 Å². The minimum Gasteiger partial charge on any atom is -0.497 e. The van der Waals surface area contributed by atoms with Crippen molar-refractivity contribution >= 4 is 5.91 Å². The van der Waals surface area contributed by atoms with Crippen LogP contribution in [0.25, 0.3) is 0 Å². The van der Waals surface area contributed by atoms with Gasteiger partial charge < -0.3 is 15.8 Å². The van der Waals surface area contributed by atoms with Crippen LogP contribution in [0.4, 0.5) is 0 Å². The van der Waals surface area contributed by atoms with Crippen molar-refractivity contribution < 1.29 is 9.53 Å². The lowest BCUT2D eigenvalue weighted by molar-refractivity contribution is -0.123. The monoisotopic (exact) mass is 296 g/mol. The Bertz CT molecular complexity index is 684. The predicted molar refractivity (Wildman–Crippen MR) is 85.8 cm³/mol. The van der Waals surface area contributed by atoms with Crippen LogP contribution in [0, 0.1) is 0 Å². The van der Waals surface area contributed by atoms with E-state index in [9.17, 15) is 4.79 Å². The lowest BCUT2D eigenvalue weighted by atomic mass is 9.77. The second-order valence-electron chi connectivity index (χ2n) is 5.53. The smallest absolute Gasteiger partial charge is 0.228 e. The van der Waals surface area contributed by atoms with Crippen molar-refractivity contribution in [1.82, 2.24) is 5.32 Å². The zero-order valence-electron chi connectivity index (χ0n) is 12.6. The Morgan fingerprint density at radius 2 is 2.14 bits per heavy atom. The number of carbonyl (C=O) groups excluding carboxylic acids is 1. The van der Waals surface area contributed by atoms with Gasteiger partial charge in [-0.1, -0.05) is 36.4 Å². The SMILES string of the molecule is COc1cccc(C(CN)NC(=O)C2Cc3ccccc32)c1. The standard InChI is InChI=1S/C18H20N2O2/c1-22-14-7-4-6-13(9-14)17(11-19)20-18(21)16-10-12-5-2-3-8-15(12)16/h2-9,16-17H,10-11,19H2,1H3,(H,20,21). The number of rotatable bonds is 5. The highest BCUT2D eigenvalue weighted by Crippen LogP contribution is 2.35. The number of nitrogens with one attached hydrogen (secondary N) is 1. The van der Waals surface area contributed by atoms with Gasteiger partial charge in [0.2, 0.25) is 5.91 Å². The van der Waals surface area contributed by atoms with Gasteiger partial charge in [-0.2, -0.15) is 0 Å². The van der Waals surface area contributed by atoms with Gasteiger partial charge in [-0.05, 0) is 35.2 Å². The van der Waals surface area contributed by atoms with Crippen LogP contribution in [0.1, 0.15) is 28.7 Å². The van der Waals surface area contributed by atoms with Gasteiger partial charge in [0.25, 0.3) is 0 Å². The van der Waals surface area contributed by atoms with Crippen molar-refractivity contribution in [3.63, 3.8) is 0 Å². The molecule has 114 valence electrons. The van der Waals surface area contributed by atoms with E-state index in [1.54, 1.807) is 7.11 Å². The van der Waals surface area contributed by atoms with Crippen molar-refractivity contribution in [3.05, 3.63) is 65.2 Å². The molecule has 3 rings (SSSR count). The van der Waals surface area contributed by atoms with Crippen LogP contribution in [-0.4, -0.2) is 19.6 Å². The van der Waals surface area contributed by atoms with E-state index in [2.05, 4.69) is 11.4 Å². The molecule has 1 amide bonds. The number of nitrogens with two attached hydrogens (primary N) is 1. The molecule has 0 heterocycles. The third kappa shape index (κ3) is 2.70. The first-order chi connectivity index (χ1) is 10.7. The van der Waals surface area contributed by atoms with Gasteiger partial charge in [0.1, 0.15) is 5.75 Å². The molecule has 4 heteroatoms. The number of fused-ring (bicyclic) bond motifs is 1. The molecule has 2 atom stereocenters. The Labute approximate surface area is 130 Å². The minimum absolute atomic E-state index is 0.0389. The normalized spacial score (nSPS) is 17.1. The van der Waals surface area contributed by atoms with Crippen LogP contribution in [-0.2, 0) is 11.2 Å². The van der Waals surface area contributed by atoms with Crippen LogP contribution >= 0.6 is 0 Å². The maximum Gasteiger partial charge on any atom is 0.228 e. The number of benzene rings is 2. The van der Waals surface area contributed by atoms with Gasteiger partial charge in [-0.3, -0.25) is 4.79 Å². The molecule has 3 N–H and O–H groups in total. The van der Waals surface area contributed by atoms with Crippen LogP contribution in [0.15, 0.2) is 48.5 Å². The second-order valence-corrected chi connectivity index (χ2v) is 5.53. The molecule has 2 aromatic rings. The van der Waals surface area contributed by atoms with Crippen molar-refractivity contribution in [2.75, 3.05) is 13.7 Å². The van der Waals surface area contributed by atoms with Gasteiger partial charge in [-0.25, -0.2) is 0 Å². The molecule has 0 radical (unpaired) electrons. The molecule has 0 bridgehead atoms. The topological polar surface area (TPSA) is 64.3 Å². The molecule has 0 saturated carbocycles. The zero-order chi connectivity index (χ0) is 15.5. The average Bonchev–Trinajstić information content (AvgIpc) is 2.53. The Morgan fingerprint density at radius 3 is 2.86 bits per heavy atom. The minimum atomic E-state index is -0.199. The molecule has 2 unspecified atom stereocenters. The number of carbonyl (C=O) groups is 1. The first-order valence-corrected chi connectivity index (χ1v) is 7.45. The summed E-state index contributed by atoms with van der Waals surface area (Å²) in [5, 5.41) is 3.06. The van der Waals surface area contributed by atoms with Crippen LogP contribution in [0.5, 0.6) is 5.75 Å². The highest BCUT2D eigenvalue weighted by atomic mass is 16.5. The van der Waals surface area contributed by atoms with E-state index in [0.717, 1.165) is 23.3 Å². The van der Waals surface area contributed by atoms with Crippen LogP contribution in [0.3, 0.4) is 0 Å². The van der Waals surface area contributed by atoms with Gasteiger partial charge in [0.15, 0.2) is 0 Å². The number of hydrogen-bond donors (Lipinski definition) is 2. The maximum atomic E-state index is 12.5. The average molecular weight is 296 g/mol. The molecule has 0 aliphatic heterocycles. The van der Waals surface area contributed by atoms with Gasteiger partial charge in [-0.15, -0.1) is 0 Å². The molecule has 0 fully saturated rings. The fourth-order valence-corrected chi connectivity index (χ4v) is 2.90. The molecule has 0 saturated heterocycles. The van der Waals surface area contributed by atoms with E-state index in [1.165, 1.54) is 5.56 Å². The molecule has 0 aromatic heterocycles. The molecular weight excluding hydrogens is 276 g/mol. The number of amides is 1. The van der Waals surface area contributed by atoms with Crippen molar-refractivity contribution in [1.29, 1.82) is 0 Å². The van der Waals surface area contributed by atoms with E-state index in [-0.39, 0.29) is 17.9 Å². The summed E-state index contributed by atoms with van der Waals surface area (Å²) in [6.07, 6.45) is 0.803. The highest BCUT2D eigenvalue weighted by Gasteiger charge is 2.32. The van der Waals surface area contributed by atoms with E-state index in [4.69, 9.17) is 10.5 Å². The predicted octanol–water partition coefficient (Wildman–Crippen LogP) is 2.15. The summed E-state index contributed by atoms with van der Waals surface area (Å²) in [5.74, 6) is 0.743. The zero-order valence-corrected chi connectivity index (χ0v) is 12.6. The Balaban J connectivity index is 1.72. The van der Waals surface area contributed by atoms with E-state index < -0.39 is 0 Å². The summed E-state index contributed by atoms with van der Waals surface area (Å²) in [6, 6.07) is 15.5. The molecule has 2 aromatic carbocycles. The Kier molecular flexibility index (Phi) is 4.11. The summed E-state index contributed by atoms with van der Waals surface area (Å²) in [4.78, 5) is 12.5. The number of ether oxygens (including phenoxy) is 1. The van der Waals surface area contributed by atoms with Crippen LogP contribution in [0.2, 0.25) is 0 Å².